The third kappa shape index (κ3) is 12.5. The van der Waals surface area contributed by atoms with Gasteiger partial charge in [0.2, 0.25) is 5.69 Å². The molecule has 2 heterocycles. The van der Waals surface area contributed by atoms with E-state index in [4.69, 9.17) is 4.74 Å². The Morgan fingerprint density at radius 3 is 1.98 bits per heavy atom. The number of carboxylic acids is 1. The maximum Gasteiger partial charge on any atom is 0.309 e. The van der Waals surface area contributed by atoms with Crippen LogP contribution < -0.4 is 4.90 Å². The quantitative estimate of drug-likeness (QED) is 0.0318. The SMILES string of the molecule is CCCCCCCCCCCCCCCCCCC1(C)\C(=C/C=C(C#N)/C=C/C2=[N+](CCC(=O)O)c3ccc(C)cc3C2(C)C)N(CCOC=O)c2ccc(C)cc21. The molecule has 2 aliphatic heterocycles. The van der Waals surface area contributed by atoms with E-state index in [2.05, 4.69) is 99.6 Å². The van der Waals surface area contributed by atoms with Crippen molar-refractivity contribution >= 4 is 29.5 Å². The van der Waals surface area contributed by atoms with E-state index in [0.29, 0.717) is 25.1 Å². The number of hydrogen-bond acceptors (Lipinski definition) is 5. The monoisotopic (exact) mass is 791 g/mol. The van der Waals surface area contributed by atoms with Crippen molar-refractivity contribution < 1.29 is 24.0 Å². The van der Waals surface area contributed by atoms with E-state index < -0.39 is 5.97 Å². The summed E-state index contributed by atoms with van der Waals surface area (Å²) in [7, 11) is 0. The van der Waals surface area contributed by atoms with Crippen molar-refractivity contribution in [3.63, 3.8) is 0 Å². The Labute approximate surface area is 350 Å². The predicted molar refractivity (Wildman–Crippen MR) is 239 cm³/mol. The molecule has 0 radical (unpaired) electrons. The lowest BCUT2D eigenvalue weighted by Gasteiger charge is -2.30. The summed E-state index contributed by atoms with van der Waals surface area (Å²) in [5.41, 5.74) is 8.83. The summed E-state index contributed by atoms with van der Waals surface area (Å²) in [5.74, 6) is -0.843. The van der Waals surface area contributed by atoms with E-state index in [-0.39, 0.29) is 23.9 Å². The van der Waals surface area contributed by atoms with Crippen LogP contribution in [0.5, 0.6) is 0 Å². The number of nitriles is 1. The molecule has 314 valence electrons. The molecule has 0 spiro atoms. The van der Waals surface area contributed by atoms with Gasteiger partial charge in [-0.3, -0.25) is 9.59 Å². The minimum absolute atomic E-state index is 0.00938. The maximum absolute atomic E-state index is 11.6. The molecule has 0 saturated heterocycles. The average molecular weight is 791 g/mol. The Morgan fingerprint density at radius 1 is 0.845 bits per heavy atom. The van der Waals surface area contributed by atoms with E-state index in [1.54, 1.807) is 0 Å². The number of allylic oxidation sites excluding steroid dienone is 6. The Bertz CT molecular complexity index is 1840. The first kappa shape index (κ1) is 46.3. The molecule has 1 unspecified atom stereocenters. The van der Waals surface area contributed by atoms with Crippen molar-refractivity contribution in [2.24, 2.45) is 0 Å². The molecule has 58 heavy (non-hydrogen) atoms. The number of anilines is 1. The van der Waals surface area contributed by atoms with Gasteiger partial charge < -0.3 is 14.7 Å². The molecule has 4 rings (SSSR count). The minimum atomic E-state index is -0.843. The topological polar surface area (TPSA) is 93.6 Å². The number of carbonyl (C=O) groups is 2. The van der Waals surface area contributed by atoms with Gasteiger partial charge >= 0.3 is 5.97 Å². The third-order valence-corrected chi connectivity index (χ3v) is 12.5. The number of ether oxygens (including phenoxy) is 1. The van der Waals surface area contributed by atoms with E-state index in [9.17, 15) is 20.0 Å². The Morgan fingerprint density at radius 2 is 1.41 bits per heavy atom. The first-order chi connectivity index (χ1) is 28.0. The van der Waals surface area contributed by atoms with Crippen LogP contribution in [0.25, 0.3) is 0 Å². The normalized spacial score (nSPS) is 17.9. The molecule has 0 aliphatic carbocycles. The van der Waals surface area contributed by atoms with Crippen LogP contribution in [0, 0.1) is 25.2 Å². The van der Waals surface area contributed by atoms with Crippen molar-refractivity contribution in [2.75, 3.05) is 24.6 Å². The van der Waals surface area contributed by atoms with Crippen molar-refractivity contribution in [1.82, 2.24) is 0 Å². The van der Waals surface area contributed by atoms with Crippen molar-refractivity contribution in [2.45, 2.75) is 168 Å². The number of rotatable bonds is 27. The maximum atomic E-state index is 11.6. The van der Waals surface area contributed by atoms with Gasteiger partial charge in [0, 0.05) is 34.5 Å². The molecule has 0 aromatic heterocycles. The lowest BCUT2D eigenvalue weighted by molar-refractivity contribution is -0.436. The molecule has 1 N–H and O–H groups in total. The zero-order valence-corrected chi connectivity index (χ0v) is 36.7. The van der Waals surface area contributed by atoms with Crippen LogP contribution in [-0.2, 0) is 25.2 Å². The molecular weight excluding hydrogens is 719 g/mol. The van der Waals surface area contributed by atoms with Crippen LogP contribution in [0.4, 0.5) is 11.4 Å². The highest BCUT2D eigenvalue weighted by molar-refractivity contribution is 6.03. The molecule has 2 aliphatic rings. The Balaban J connectivity index is 1.48. The van der Waals surface area contributed by atoms with Crippen LogP contribution in [0.2, 0.25) is 0 Å². The summed E-state index contributed by atoms with van der Waals surface area (Å²) in [6.45, 7) is 14.8. The largest absolute Gasteiger partial charge is 0.481 e. The highest BCUT2D eigenvalue weighted by atomic mass is 16.5. The van der Waals surface area contributed by atoms with Crippen LogP contribution in [0.15, 0.2) is 72.0 Å². The number of nitrogens with zero attached hydrogens (tertiary/aromatic N) is 3. The summed E-state index contributed by atoms with van der Waals surface area (Å²) in [5, 5.41) is 20.0. The highest BCUT2D eigenvalue weighted by Crippen LogP contribution is 2.51. The van der Waals surface area contributed by atoms with E-state index in [1.807, 2.05) is 18.2 Å². The van der Waals surface area contributed by atoms with Crippen LogP contribution in [0.1, 0.15) is 166 Å². The van der Waals surface area contributed by atoms with E-state index in [1.165, 1.54) is 107 Å². The second-order valence-corrected chi connectivity index (χ2v) is 17.5. The number of carboxylic acid groups (broad SMARTS) is 1. The van der Waals surface area contributed by atoms with Crippen molar-refractivity contribution in [3.8, 4) is 6.07 Å². The molecule has 1 atom stereocenters. The number of fused-ring (bicyclic) bond motifs is 2. The van der Waals surface area contributed by atoms with Gasteiger partial charge in [0.05, 0.1) is 23.6 Å². The summed E-state index contributed by atoms with van der Waals surface area (Å²) < 4.78 is 7.30. The van der Waals surface area contributed by atoms with Gasteiger partial charge in [0.1, 0.15) is 13.0 Å². The van der Waals surface area contributed by atoms with Gasteiger partial charge in [0.25, 0.3) is 6.47 Å². The lowest BCUT2D eigenvalue weighted by atomic mass is 9.76. The van der Waals surface area contributed by atoms with E-state index >= 15 is 0 Å². The number of aliphatic carboxylic acids is 1. The summed E-state index contributed by atoms with van der Waals surface area (Å²) in [6.07, 6.45) is 30.2. The molecule has 0 bridgehead atoms. The van der Waals surface area contributed by atoms with Crippen molar-refractivity contribution in [1.29, 1.82) is 5.26 Å². The van der Waals surface area contributed by atoms with Gasteiger partial charge in [0.15, 0.2) is 12.3 Å². The lowest BCUT2D eigenvalue weighted by Crippen LogP contribution is -2.31. The molecule has 2 aromatic carbocycles. The predicted octanol–water partition coefficient (Wildman–Crippen LogP) is 12.6. The fourth-order valence-electron chi connectivity index (χ4n) is 9.09. The van der Waals surface area contributed by atoms with Crippen molar-refractivity contribution in [3.05, 3.63) is 94.2 Å². The Hall–Kier alpha value is -4.44. The smallest absolute Gasteiger partial charge is 0.309 e. The first-order valence-electron chi connectivity index (χ1n) is 22.4. The summed E-state index contributed by atoms with van der Waals surface area (Å²) in [6, 6.07) is 15.3. The molecule has 0 fully saturated rings. The standard InChI is InChI=1S/C51H71N3O4/c1-7-8-9-10-11-12-13-14-15-16-17-18-19-20-21-22-32-51(6)44-37-41(3)24-28-46(44)54(34-35-58-39-55)48(51)30-26-42(38-52)25-29-47-50(4,5)43-36-40(2)23-27-45(43)53(47)33-31-49(56)57/h23-30,36-37,39H,7-22,31-35H2,1-6H3/p+1. The minimum Gasteiger partial charge on any atom is -0.481 e. The fourth-order valence-corrected chi connectivity index (χ4v) is 9.09. The van der Waals surface area contributed by atoms with Crippen LogP contribution in [-0.4, -0.2) is 47.5 Å². The second-order valence-electron chi connectivity index (χ2n) is 17.5. The zero-order valence-electron chi connectivity index (χ0n) is 36.7. The molecular formula is C51H72N3O4+. The van der Waals surface area contributed by atoms with Gasteiger partial charge in [-0.1, -0.05) is 139 Å². The number of unbranched alkanes of at least 4 members (excludes halogenated alkanes) is 15. The third-order valence-electron chi connectivity index (χ3n) is 12.5. The number of aryl methyl sites for hydroxylation is 2. The molecule has 0 amide bonds. The first-order valence-corrected chi connectivity index (χ1v) is 22.4. The molecule has 2 aromatic rings. The molecule has 0 saturated carbocycles. The number of carbonyl (C=O) groups excluding carboxylic acids is 1. The van der Waals surface area contributed by atoms with Gasteiger partial charge in [-0.05, 0) is 77.0 Å². The zero-order chi connectivity index (χ0) is 42.0. The van der Waals surface area contributed by atoms with E-state index in [0.717, 1.165) is 46.8 Å². The molecule has 7 nitrogen and oxygen atoms in total. The molecule has 7 heteroatoms. The summed E-state index contributed by atoms with van der Waals surface area (Å²) >= 11 is 0. The fraction of sp³-hybridized carbons (Fsp3) is 0.569. The summed E-state index contributed by atoms with van der Waals surface area (Å²) in [4.78, 5) is 25.1. The second kappa shape index (κ2) is 23.2. The highest BCUT2D eigenvalue weighted by Gasteiger charge is 2.45. The van der Waals surface area contributed by atoms with Crippen LogP contribution >= 0.6 is 0 Å². The number of hydrogen-bond donors (Lipinski definition) is 1. The average Bonchev–Trinajstić information content (AvgIpc) is 3.55. The van der Waals surface area contributed by atoms with Gasteiger partial charge in [-0.2, -0.15) is 9.84 Å². The van der Waals surface area contributed by atoms with Gasteiger partial charge in [-0.25, -0.2) is 0 Å². The van der Waals surface area contributed by atoms with Crippen LogP contribution in [0.3, 0.4) is 0 Å². The van der Waals surface area contributed by atoms with Gasteiger partial charge in [-0.15, -0.1) is 0 Å². The Kier molecular flexibility index (Phi) is 18.5. The number of benzene rings is 2.